The Balaban J connectivity index is 1.18. The van der Waals surface area contributed by atoms with E-state index in [4.69, 9.17) is 14.7 Å². The maximum atomic E-state index is 13.6. The Morgan fingerprint density at radius 2 is 1.51 bits per heavy atom. The van der Waals surface area contributed by atoms with Gasteiger partial charge >= 0.3 is 18.1 Å². The minimum atomic E-state index is -4.69. The van der Waals surface area contributed by atoms with Gasteiger partial charge in [0.1, 0.15) is 18.0 Å². The van der Waals surface area contributed by atoms with E-state index in [2.05, 4.69) is 11.4 Å². The smallest absolute Gasteiger partial charge is 0.416 e. The number of hydrogen-bond donors (Lipinski definition) is 2. The summed E-state index contributed by atoms with van der Waals surface area (Å²) in [5.41, 5.74) is 2.65. The molecular weight excluding hydrogens is 691 g/mol. The van der Waals surface area contributed by atoms with Crippen molar-refractivity contribution < 1.29 is 46.9 Å². The molecule has 1 aliphatic carbocycles. The number of rotatable bonds is 12. The molecule has 270 valence electrons. The average Bonchev–Trinajstić information content (AvgIpc) is 3.15. The summed E-state index contributed by atoms with van der Waals surface area (Å²) >= 11 is 0. The van der Waals surface area contributed by atoms with Crippen LogP contribution >= 0.6 is 0 Å². The Labute approximate surface area is 302 Å². The van der Waals surface area contributed by atoms with Gasteiger partial charge in [-0.1, -0.05) is 48.5 Å². The van der Waals surface area contributed by atoms with Crippen LogP contribution in [0.15, 0.2) is 114 Å². The standard InChI is InChI=1S/C40H32F3N3O7/c1-52-34-19-14-31(35(21-34)40(41,42)43)20-36(47)45-32-15-12-29(13-16-32)38(50)46(24-37(48)49)23-26-4-17-33(18-5-26)53-39(51)30-10-8-28(9-11-30)27-6-2-25(22-44)3-7-27/h2-12,14-15,17-19,21H,13,16,20,23-24H2,1H3,(H,45,47)(H,48,49). The molecule has 0 aliphatic heterocycles. The van der Waals surface area contributed by atoms with Crippen LogP contribution < -0.4 is 14.8 Å². The van der Waals surface area contributed by atoms with Gasteiger partial charge in [0.15, 0.2) is 0 Å². The summed E-state index contributed by atoms with van der Waals surface area (Å²) in [7, 11) is 1.24. The number of carbonyl (C=O) groups is 4. The fourth-order valence-corrected chi connectivity index (χ4v) is 5.57. The molecule has 5 rings (SSSR count). The van der Waals surface area contributed by atoms with E-state index in [1.807, 2.05) is 12.1 Å². The van der Waals surface area contributed by atoms with Gasteiger partial charge < -0.3 is 24.8 Å². The molecule has 53 heavy (non-hydrogen) atoms. The van der Waals surface area contributed by atoms with Crippen LogP contribution in [0.3, 0.4) is 0 Å². The fourth-order valence-electron chi connectivity index (χ4n) is 5.57. The number of hydrogen-bond acceptors (Lipinski definition) is 7. The first-order valence-corrected chi connectivity index (χ1v) is 16.2. The first kappa shape index (κ1) is 37.6. The third-order valence-corrected chi connectivity index (χ3v) is 8.29. The number of carboxylic acid groups (broad SMARTS) is 1. The van der Waals surface area contributed by atoms with Gasteiger partial charge in [-0.3, -0.25) is 14.4 Å². The molecule has 0 spiro atoms. The number of nitrogens with one attached hydrogen (secondary N) is 1. The Morgan fingerprint density at radius 3 is 2.08 bits per heavy atom. The van der Waals surface area contributed by atoms with E-state index in [1.165, 1.54) is 43.5 Å². The topological polar surface area (TPSA) is 146 Å². The summed E-state index contributed by atoms with van der Waals surface area (Å²) in [6.45, 7) is -0.660. The molecule has 0 heterocycles. The van der Waals surface area contributed by atoms with E-state index in [1.54, 1.807) is 48.5 Å². The van der Waals surface area contributed by atoms with Crippen LogP contribution in [0.25, 0.3) is 11.1 Å². The summed E-state index contributed by atoms with van der Waals surface area (Å²) in [6, 6.07) is 25.5. The quantitative estimate of drug-likeness (QED) is 0.119. The molecule has 10 nitrogen and oxygen atoms in total. The molecule has 0 radical (unpaired) electrons. The molecule has 4 aromatic rings. The lowest BCUT2D eigenvalue weighted by Crippen LogP contribution is -2.36. The molecule has 2 amide bonds. The zero-order valence-electron chi connectivity index (χ0n) is 28.3. The van der Waals surface area contributed by atoms with Gasteiger partial charge in [0.05, 0.1) is 36.3 Å². The number of nitriles is 1. The van der Waals surface area contributed by atoms with Crippen LogP contribution in [0.4, 0.5) is 13.2 Å². The summed E-state index contributed by atoms with van der Waals surface area (Å²) in [5.74, 6) is -2.79. The number of halogens is 3. The van der Waals surface area contributed by atoms with Crippen molar-refractivity contribution in [3.63, 3.8) is 0 Å². The molecular formula is C40H32F3N3O7. The molecule has 0 aromatic heterocycles. The third-order valence-electron chi connectivity index (χ3n) is 8.29. The van der Waals surface area contributed by atoms with Crippen LogP contribution in [0, 0.1) is 11.3 Å². The number of allylic oxidation sites excluding steroid dienone is 3. The molecule has 1 aliphatic rings. The van der Waals surface area contributed by atoms with Gasteiger partial charge in [0.2, 0.25) is 5.91 Å². The van der Waals surface area contributed by atoms with Crippen molar-refractivity contribution in [2.45, 2.75) is 32.0 Å². The molecule has 0 fully saturated rings. The molecule has 13 heteroatoms. The number of methoxy groups -OCH3 is 1. The van der Waals surface area contributed by atoms with Gasteiger partial charge in [-0.15, -0.1) is 0 Å². The second kappa shape index (κ2) is 16.6. The van der Waals surface area contributed by atoms with Crippen molar-refractivity contribution >= 4 is 23.8 Å². The van der Waals surface area contributed by atoms with Crippen molar-refractivity contribution in [1.29, 1.82) is 5.26 Å². The number of amides is 2. The van der Waals surface area contributed by atoms with Crippen LogP contribution in [-0.4, -0.2) is 47.4 Å². The van der Waals surface area contributed by atoms with Gasteiger partial charge in [-0.05, 0) is 89.7 Å². The lowest BCUT2D eigenvalue weighted by atomic mass is 10.00. The minimum Gasteiger partial charge on any atom is -0.497 e. The normalized spacial score (nSPS) is 12.4. The first-order chi connectivity index (χ1) is 25.3. The zero-order chi connectivity index (χ0) is 38.1. The molecule has 4 aromatic carbocycles. The number of carboxylic acids is 1. The van der Waals surface area contributed by atoms with Gasteiger partial charge in [0.25, 0.3) is 5.91 Å². The Bertz CT molecular complexity index is 2120. The van der Waals surface area contributed by atoms with Crippen molar-refractivity contribution in [2.75, 3.05) is 13.7 Å². The van der Waals surface area contributed by atoms with E-state index in [9.17, 15) is 37.5 Å². The maximum absolute atomic E-state index is 13.6. The van der Waals surface area contributed by atoms with Crippen LogP contribution in [0.1, 0.15) is 45.5 Å². The van der Waals surface area contributed by atoms with E-state index < -0.39 is 48.5 Å². The van der Waals surface area contributed by atoms with E-state index in [0.29, 0.717) is 22.4 Å². The van der Waals surface area contributed by atoms with Gasteiger partial charge in [0, 0.05) is 17.8 Å². The zero-order valence-corrected chi connectivity index (χ0v) is 28.3. The molecule has 2 N–H and O–H groups in total. The van der Waals surface area contributed by atoms with Crippen molar-refractivity contribution in [1.82, 2.24) is 10.2 Å². The molecule has 0 saturated heterocycles. The maximum Gasteiger partial charge on any atom is 0.416 e. The third kappa shape index (κ3) is 9.98. The lowest BCUT2D eigenvalue weighted by molar-refractivity contribution is -0.143. The summed E-state index contributed by atoms with van der Waals surface area (Å²) < 4.78 is 51.1. The largest absolute Gasteiger partial charge is 0.497 e. The number of alkyl halides is 3. The summed E-state index contributed by atoms with van der Waals surface area (Å²) in [4.78, 5) is 51.6. The lowest BCUT2D eigenvalue weighted by Gasteiger charge is -2.24. The van der Waals surface area contributed by atoms with E-state index >= 15 is 0 Å². The SMILES string of the molecule is COc1ccc(CC(=O)NC2=CC=C(C(=O)N(CC(=O)O)Cc3ccc(OC(=O)c4ccc(-c5ccc(C#N)cc5)cc4)cc3)CC2)c(C(F)(F)F)c1. The highest BCUT2D eigenvalue weighted by molar-refractivity contribution is 5.96. The van der Waals surface area contributed by atoms with E-state index in [0.717, 1.165) is 22.1 Å². The molecule has 0 saturated carbocycles. The van der Waals surface area contributed by atoms with Crippen molar-refractivity contribution in [3.05, 3.63) is 142 Å². The second-order valence-corrected chi connectivity index (χ2v) is 12.0. The number of aliphatic carboxylic acids is 1. The molecule has 0 unspecified atom stereocenters. The van der Waals surface area contributed by atoms with Crippen molar-refractivity contribution in [3.8, 4) is 28.7 Å². The number of benzene rings is 4. The monoisotopic (exact) mass is 723 g/mol. The van der Waals surface area contributed by atoms with Gasteiger partial charge in [-0.25, -0.2) is 4.79 Å². The number of ether oxygens (including phenoxy) is 2. The number of nitrogens with zero attached hydrogens (tertiary/aromatic N) is 2. The van der Waals surface area contributed by atoms with Crippen LogP contribution in [-0.2, 0) is 33.5 Å². The highest BCUT2D eigenvalue weighted by atomic mass is 19.4. The highest BCUT2D eigenvalue weighted by Gasteiger charge is 2.34. The summed E-state index contributed by atoms with van der Waals surface area (Å²) in [6.07, 6.45) is -1.96. The summed E-state index contributed by atoms with van der Waals surface area (Å²) in [5, 5.41) is 21.1. The number of carbonyl (C=O) groups excluding carboxylic acids is 3. The molecule has 0 bridgehead atoms. The Hall–Kier alpha value is -6.68. The van der Waals surface area contributed by atoms with Crippen molar-refractivity contribution in [2.24, 2.45) is 0 Å². The van der Waals surface area contributed by atoms with Crippen LogP contribution in [0.5, 0.6) is 11.5 Å². The Kier molecular flexibility index (Phi) is 11.7. The van der Waals surface area contributed by atoms with Crippen LogP contribution in [0.2, 0.25) is 0 Å². The fraction of sp³-hybridized carbons (Fsp3) is 0.175. The second-order valence-electron chi connectivity index (χ2n) is 12.0. The van der Waals surface area contributed by atoms with E-state index in [-0.39, 0.29) is 42.0 Å². The van der Waals surface area contributed by atoms with Gasteiger partial charge in [-0.2, -0.15) is 18.4 Å². The Morgan fingerprint density at radius 1 is 0.868 bits per heavy atom. The highest BCUT2D eigenvalue weighted by Crippen LogP contribution is 2.35. The predicted octanol–water partition coefficient (Wildman–Crippen LogP) is 6.85. The molecule has 0 atom stereocenters. The number of esters is 1. The minimum absolute atomic E-state index is 0.00871. The average molecular weight is 724 g/mol. The predicted molar refractivity (Wildman–Crippen MR) is 186 cm³/mol. The first-order valence-electron chi connectivity index (χ1n) is 16.2.